The Labute approximate surface area is 117 Å². The quantitative estimate of drug-likeness (QED) is 0.753. The smallest absolute Gasteiger partial charge is 0.168 e. The average Bonchev–Trinajstić information content (AvgIpc) is 2.33. The van der Waals surface area contributed by atoms with Crippen LogP contribution in [0.3, 0.4) is 0 Å². The summed E-state index contributed by atoms with van der Waals surface area (Å²) in [6.07, 6.45) is 0.270. The Kier molecular flexibility index (Phi) is 4.01. The minimum Gasteiger partial charge on any atom is -0.294 e. The molecule has 2 rings (SSSR count). The number of Topliss-reactive ketones (excluding diaryl/α,β-unsaturated/α-hetero) is 1. The summed E-state index contributed by atoms with van der Waals surface area (Å²) >= 11 is 5.89. The molecule has 98 valence electrons. The molecular weight excluding hydrogens is 263 g/mol. The summed E-state index contributed by atoms with van der Waals surface area (Å²) in [5.41, 5.74) is 3.64. The Morgan fingerprint density at radius 3 is 2.47 bits per heavy atom. The van der Waals surface area contributed by atoms with Crippen molar-refractivity contribution in [2.75, 3.05) is 0 Å². The molecule has 2 aromatic rings. The van der Waals surface area contributed by atoms with E-state index in [4.69, 9.17) is 11.6 Å². The van der Waals surface area contributed by atoms with Crippen molar-refractivity contribution < 1.29 is 9.18 Å². The van der Waals surface area contributed by atoms with E-state index >= 15 is 0 Å². The van der Waals surface area contributed by atoms with Crippen LogP contribution in [0, 0.1) is 19.7 Å². The van der Waals surface area contributed by atoms with Crippen molar-refractivity contribution in [2.24, 2.45) is 0 Å². The van der Waals surface area contributed by atoms with E-state index in [-0.39, 0.29) is 17.2 Å². The van der Waals surface area contributed by atoms with Gasteiger partial charge in [-0.05, 0) is 48.7 Å². The molecule has 0 bridgehead atoms. The molecule has 2 aromatic carbocycles. The van der Waals surface area contributed by atoms with Crippen LogP contribution in [0.15, 0.2) is 36.4 Å². The molecule has 0 aromatic heterocycles. The van der Waals surface area contributed by atoms with Gasteiger partial charge < -0.3 is 0 Å². The lowest BCUT2D eigenvalue weighted by molar-refractivity contribution is 0.0993. The molecule has 0 saturated heterocycles. The van der Waals surface area contributed by atoms with Gasteiger partial charge in [-0.2, -0.15) is 0 Å². The van der Waals surface area contributed by atoms with Gasteiger partial charge in [-0.1, -0.05) is 29.8 Å². The summed E-state index contributed by atoms with van der Waals surface area (Å²) < 4.78 is 12.9. The molecule has 1 nitrogen and oxygen atoms in total. The number of aryl methyl sites for hydroxylation is 2. The fraction of sp³-hybridized carbons (Fsp3) is 0.188. The van der Waals surface area contributed by atoms with E-state index in [2.05, 4.69) is 0 Å². The van der Waals surface area contributed by atoms with Crippen LogP contribution < -0.4 is 0 Å². The molecule has 0 radical (unpaired) electrons. The molecule has 0 spiro atoms. The van der Waals surface area contributed by atoms with Crippen molar-refractivity contribution >= 4 is 17.4 Å². The molecule has 0 fully saturated rings. The van der Waals surface area contributed by atoms with Crippen molar-refractivity contribution in [3.05, 3.63) is 69.5 Å². The summed E-state index contributed by atoms with van der Waals surface area (Å²) in [6, 6.07) is 9.75. The van der Waals surface area contributed by atoms with Gasteiger partial charge in [-0.3, -0.25) is 4.79 Å². The standard InChI is InChI=1S/C16H14ClFO/c1-10-3-4-12(7-11(10)2)8-16(19)14-6-5-13(18)9-15(14)17/h3-7,9H,8H2,1-2H3. The van der Waals surface area contributed by atoms with Crippen LogP contribution in [0.1, 0.15) is 27.0 Å². The van der Waals surface area contributed by atoms with Crippen molar-refractivity contribution in [1.82, 2.24) is 0 Å². The fourth-order valence-corrected chi connectivity index (χ4v) is 2.18. The number of halogens is 2. The van der Waals surface area contributed by atoms with Crippen molar-refractivity contribution in [1.29, 1.82) is 0 Å². The van der Waals surface area contributed by atoms with Gasteiger partial charge in [-0.15, -0.1) is 0 Å². The number of benzene rings is 2. The second kappa shape index (κ2) is 5.54. The van der Waals surface area contributed by atoms with Gasteiger partial charge in [0.1, 0.15) is 5.82 Å². The van der Waals surface area contributed by atoms with Gasteiger partial charge >= 0.3 is 0 Å². The highest BCUT2D eigenvalue weighted by molar-refractivity contribution is 6.34. The second-order valence-corrected chi connectivity index (χ2v) is 5.05. The highest BCUT2D eigenvalue weighted by Crippen LogP contribution is 2.20. The molecule has 0 N–H and O–H groups in total. The molecule has 0 amide bonds. The maximum atomic E-state index is 12.9. The highest BCUT2D eigenvalue weighted by Gasteiger charge is 2.12. The lowest BCUT2D eigenvalue weighted by atomic mass is 9.99. The third-order valence-corrected chi connectivity index (χ3v) is 3.48. The minimum atomic E-state index is -0.437. The zero-order valence-electron chi connectivity index (χ0n) is 10.8. The lowest BCUT2D eigenvalue weighted by Crippen LogP contribution is -2.05. The molecule has 0 unspecified atom stereocenters. The number of carbonyl (C=O) groups is 1. The van der Waals surface area contributed by atoms with E-state index in [1.54, 1.807) is 0 Å². The maximum absolute atomic E-state index is 12.9. The summed E-state index contributed by atoms with van der Waals surface area (Å²) in [5, 5.41) is 0.161. The van der Waals surface area contributed by atoms with Crippen LogP contribution in [0.4, 0.5) is 4.39 Å². The summed E-state index contributed by atoms with van der Waals surface area (Å²) in [6.45, 7) is 4.03. The van der Waals surface area contributed by atoms with E-state index in [1.165, 1.54) is 17.7 Å². The third-order valence-electron chi connectivity index (χ3n) is 3.17. The van der Waals surface area contributed by atoms with Crippen LogP contribution in [0.25, 0.3) is 0 Å². The Hall–Kier alpha value is -1.67. The van der Waals surface area contributed by atoms with Gasteiger partial charge in [-0.25, -0.2) is 4.39 Å². The summed E-state index contributed by atoms with van der Waals surface area (Å²) in [5.74, 6) is -0.541. The first-order chi connectivity index (χ1) is 8.97. The van der Waals surface area contributed by atoms with Crippen LogP contribution in [0.2, 0.25) is 5.02 Å². The first kappa shape index (κ1) is 13.8. The lowest BCUT2D eigenvalue weighted by Gasteiger charge is -2.06. The maximum Gasteiger partial charge on any atom is 0.168 e. The topological polar surface area (TPSA) is 17.1 Å². The fourth-order valence-electron chi connectivity index (χ4n) is 1.91. The number of rotatable bonds is 3. The van der Waals surface area contributed by atoms with Gasteiger partial charge in [0.15, 0.2) is 5.78 Å². The predicted molar refractivity (Wildman–Crippen MR) is 75.4 cm³/mol. The largest absolute Gasteiger partial charge is 0.294 e. The Balaban J connectivity index is 2.23. The minimum absolute atomic E-state index is 0.103. The average molecular weight is 277 g/mol. The number of hydrogen-bond donors (Lipinski definition) is 0. The first-order valence-electron chi connectivity index (χ1n) is 6.02. The predicted octanol–water partition coefficient (Wildman–Crippen LogP) is 4.52. The molecule has 0 aliphatic heterocycles. The monoisotopic (exact) mass is 276 g/mol. The molecular formula is C16H14ClFO. The zero-order valence-corrected chi connectivity index (χ0v) is 11.6. The highest BCUT2D eigenvalue weighted by atomic mass is 35.5. The van der Waals surface area contributed by atoms with Crippen molar-refractivity contribution in [3.63, 3.8) is 0 Å². The molecule has 19 heavy (non-hydrogen) atoms. The second-order valence-electron chi connectivity index (χ2n) is 4.64. The zero-order chi connectivity index (χ0) is 14.0. The molecule has 0 atom stereocenters. The van der Waals surface area contributed by atoms with Gasteiger partial charge in [0.25, 0.3) is 0 Å². The van der Waals surface area contributed by atoms with Crippen LogP contribution in [0.5, 0.6) is 0 Å². The van der Waals surface area contributed by atoms with Gasteiger partial charge in [0.05, 0.1) is 5.02 Å². The van der Waals surface area contributed by atoms with E-state index in [0.29, 0.717) is 5.56 Å². The normalized spacial score (nSPS) is 10.5. The summed E-state index contributed by atoms with van der Waals surface area (Å²) in [7, 11) is 0. The van der Waals surface area contributed by atoms with E-state index in [0.717, 1.165) is 17.2 Å². The van der Waals surface area contributed by atoms with E-state index in [1.807, 2.05) is 32.0 Å². The number of ketones is 1. The Bertz CT molecular complexity index is 635. The van der Waals surface area contributed by atoms with Crippen LogP contribution >= 0.6 is 11.6 Å². The number of hydrogen-bond acceptors (Lipinski definition) is 1. The Morgan fingerprint density at radius 2 is 1.84 bits per heavy atom. The SMILES string of the molecule is Cc1ccc(CC(=O)c2ccc(F)cc2Cl)cc1C. The molecule has 0 aliphatic carbocycles. The first-order valence-corrected chi connectivity index (χ1v) is 6.39. The number of carbonyl (C=O) groups excluding carboxylic acids is 1. The van der Waals surface area contributed by atoms with Crippen molar-refractivity contribution in [2.45, 2.75) is 20.3 Å². The van der Waals surface area contributed by atoms with Gasteiger partial charge in [0.2, 0.25) is 0 Å². The molecule has 0 heterocycles. The van der Waals surface area contributed by atoms with Crippen LogP contribution in [-0.4, -0.2) is 5.78 Å². The van der Waals surface area contributed by atoms with Crippen LogP contribution in [-0.2, 0) is 6.42 Å². The summed E-state index contributed by atoms with van der Waals surface area (Å²) in [4.78, 5) is 12.1. The van der Waals surface area contributed by atoms with Crippen molar-refractivity contribution in [3.8, 4) is 0 Å². The Morgan fingerprint density at radius 1 is 1.11 bits per heavy atom. The van der Waals surface area contributed by atoms with E-state index in [9.17, 15) is 9.18 Å². The molecule has 3 heteroatoms. The molecule has 0 aliphatic rings. The third kappa shape index (κ3) is 3.21. The van der Waals surface area contributed by atoms with Gasteiger partial charge in [0, 0.05) is 12.0 Å². The molecule has 0 saturated carbocycles. The van der Waals surface area contributed by atoms with E-state index < -0.39 is 5.82 Å².